The van der Waals surface area contributed by atoms with Gasteiger partial charge in [-0.25, -0.2) is 12.8 Å². The number of nitrogens with zero attached hydrogens (tertiary/aromatic N) is 2. The molecule has 33 heavy (non-hydrogen) atoms. The molecule has 0 fully saturated rings. The van der Waals surface area contributed by atoms with Crippen molar-refractivity contribution < 1.29 is 17.3 Å². The lowest BCUT2D eigenvalue weighted by Crippen LogP contribution is -2.20. The lowest BCUT2D eigenvalue weighted by Gasteiger charge is -2.17. The van der Waals surface area contributed by atoms with Gasteiger partial charge in [0.2, 0.25) is 0 Å². The van der Waals surface area contributed by atoms with Crippen LogP contribution in [-0.4, -0.2) is 32.1 Å². The highest BCUT2D eigenvalue weighted by atomic mass is 32.2. The summed E-state index contributed by atoms with van der Waals surface area (Å²) in [5.41, 5.74) is 3.82. The number of hydrogen-bond acceptors (Lipinski definition) is 5. The standard InChI is InChI=1S/C25H26FN3O3S/c1-18-8-11-22(12-9-18)33(30,31)28-21-6-3-5-19(15-21)17-29(2)14-4-7-24-23-13-10-20(26)16-25(23)32-27-24/h3,5-6,8-13,15-16,28H,4,7,14,17H2,1-2H3. The Balaban J connectivity index is 1.33. The van der Waals surface area contributed by atoms with Gasteiger partial charge < -0.3 is 9.42 Å². The van der Waals surface area contributed by atoms with Crippen LogP contribution in [0, 0.1) is 12.7 Å². The minimum absolute atomic E-state index is 0.235. The van der Waals surface area contributed by atoms with Crippen molar-refractivity contribution in [2.75, 3.05) is 18.3 Å². The average Bonchev–Trinajstić information content (AvgIpc) is 3.16. The number of aromatic nitrogens is 1. The Morgan fingerprint density at radius 1 is 1.06 bits per heavy atom. The van der Waals surface area contributed by atoms with Gasteiger partial charge in [0.25, 0.3) is 10.0 Å². The Morgan fingerprint density at radius 3 is 2.64 bits per heavy atom. The zero-order chi connectivity index (χ0) is 23.4. The van der Waals surface area contributed by atoms with Crippen LogP contribution in [0.15, 0.2) is 76.1 Å². The maximum atomic E-state index is 13.3. The van der Waals surface area contributed by atoms with Crippen molar-refractivity contribution in [2.24, 2.45) is 0 Å². The van der Waals surface area contributed by atoms with E-state index in [2.05, 4.69) is 14.8 Å². The highest BCUT2D eigenvalue weighted by Crippen LogP contribution is 2.21. The molecular formula is C25H26FN3O3S. The molecule has 6 nitrogen and oxygen atoms in total. The quantitative estimate of drug-likeness (QED) is 0.369. The van der Waals surface area contributed by atoms with Crippen LogP contribution in [0.2, 0.25) is 0 Å². The Hall–Kier alpha value is -3.23. The van der Waals surface area contributed by atoms with Gasteiger partial charge in [-0.1, -0.05) is 35.0 Å². The van der Waals surface area contributed by atoms with E-state index in [-0.39, 0.29) is 10.7 Å². The molecule has 0 unspecified atom stereocenters. The number of anilines is 1. The average molecular weight is 468 g/mol. The van der Waals surface area contributed by atoms with Crippen LogP contribution in [-0.2, 0) is 23.0 Å². The van der Waals surface area contributed by atoms with Crippen LogP contribution >= 0.6 is 0 Å². The lowest BCUT2D eigenvalue weighted by atomic mass is 10.1. The van der Waals surface area contributed by atoms with E-state index >= 15 is 0 Å². The van der Waals surface area contributed by atoms with Gasteiger partial charge in [-0.3, -0.25) is 4.72 Å². The summed E-state index contributed by atoms with van der Waals surface area (Å²) in [6, 6.07) is 18.6. The molecule has 0 spiro atoms. The molecule has 172 valence electrons. The summed E-state index contributed by atoms with van der Waals surface area (Å²) < 4.78 is 46.5. The number of rotatable bonds is 9. The first-order valence-electron chi connectivity index (χ1n) is 10.7. The molecule has 8 heteroatoms. The van der Waals surface area contributed by atoms with Crippen molar-refractivity contribution >= 4 is 26.7 Å². The van der Waals surface area contributed by atoms with Gasteiger partial charge in [0, 0.05) is 23.7 Å². The molecular weight excluding hydrogens is 441 g/mol. The number of halogens is 1. The first kappa shape index (κ1) is 22.9. The Morgan fingerprint density at radius 2 is 1.85 bits per heavy atom. The third-order valence-electron chi connectivity index (χ3n) is 5.43. The topological polar surface area (TPSA) is 75.4 Å². The number of sulfonamides is 1. The summed E-state index contributed by atoms with van der Waals surface area (Å²) in [5, 5.41) is 4.91. The zero-order valence-corrected chi connectivity index (χ0v) is 19.4. The van der Waals surface area contributed by atoms with E-state index in [0.717, 1.165) is 41.6 Å². The van der Waals surface area contributed by atoms with E-state index in [0.29, 0.717) is 17.8 Å². The van der Waals surface area contributed by atoms with Gasteiger partial charge in [-0.15, -0.1) is 0 Å². The van der Waals surface area contributed by atoms with E-state index in [1.165, 1.54) is 12.1 Å². The summed E-state index contributed by atoms with van der Waals surface area (Å²) in [7, 11) is -1.62. The molecule has 4 aromatic rings. The highest BCUT2D eigenvalue weighted by Gasteiger charge is 2.14. The molecule has 4 rings (SSSR count). The van der Waals surface area contributed by atoms with Crippen LogP contribution in [0.3, 0.4) is 0 Å². The van der Waals surface area contributed by atoms with Crippen LogP contribution < -0.4 is 4.72 Å². The molecule has 1 N–H and O–H groups in total. The van der Waals surface area contributed by atoms with Gasteiger partial charge >= 0.3 is 0 Å². The third kappa shape index (κ3) is 5.77. The van der Waals surface area contributed by atoms with Crippen LogP contribution in [0.25, 0.3) is 11.0 Å². The van der Waals surface area contributed by atoms with Gasteiger partial charge in [-0.2, -0.15) is 0 Å². The summed E-state index contributed by atoms with van der Waals surface area (Å²) in [5.74, 6) is -0.340. The van der Waals surface area contributed by atoms with E-state index in [1.807, 2.05) is 32.2 Å². The van der Waals surface area contributed by atoms with Crippen molar-refractivity contribution in [3.63, 3.8) is 0 Å². The minimum Gasteiger partial charge on any atom is -0.356 e. The van der Waals surface area contributed by atoms with Crippen molar-refractivity contribution in [3.05, 3.63) is 89.4 Å². The fraction of sp³-hybridized carbons (Fsp3) is 0.240. The van der Waals surface area contributed by atoms with E-state index in [4.69, 9.17) is 4.52 Å². The van der Waals surface area contributed by atoms with E-state index in [1.54, 1.807) is 36.4 Å². The second kappa shape index (κ2) is 9.72. The molecule has 0 aliphatic rings. The second-order valence-corrected chi connectivity index (χ2v) is 9.91. The highest BCUT2D eigenvalue weighted by molar-refractivity contribution is 7.92. The van der Waals surface area contributed by atoms with Crippen molar-refractivity contribution in [2.45, 2.75) is 31.2 Å². The Kier molecular flexibility index (Phi) is 6.76. The molecule has 0 aliphatic carbocycles. The third-order valence-corrected chi connectivity index (χ3v) is 6.82. The normalized spacial score (nSPS) is 11.9. The van der Waals surface area contributed by atoms with E-state index in [9.17, 15) is 12.8 Å². The zero-order valence-electron chi connectivity index (χ0n) is 18.6. The lowest BCUT2D eigenvalue weighted by molar-refractivity contribution is 0.320. The maximum absolute atomic E-state index is 13.3. The molecule has 1 heterocycles. The number of fused-ring (bicyclic) bond motifs is 1. The van der Waals surface area contributed by atoms with Crippen LogP contribution in [0.1, 0.15) is 23.2 Å². The van der Waals surface area contributed by atoms with Gasteiger partial charge in [0.05, 0.1) is 10.6 Å². The van der Waals surface area contributed by atoms with Crippen molar-refractivity contribution in [1.82, 2.24) is 10.1 Å². The smallest absolute Gasteiger partial charge is 0.261 e. The molecule has 0 saturated heterocycles. The Bertz CT molecular complexity index is 1350. The van der Waals surface area contributed by atoms with E-state index < -0.39 is 10.0 Å². The summed E-state index contributed by atoms with van der Waals surface area (Å²) in [6.07, 6.45) is 1.58. The number of benzene rings is 3. The number of nitrogens with one attached hydrogen (secondary N) is 1. The van der Waals surface area contributed by atoms with Crippen LogP contribution in [0.5, 0.6) is 0 Å². The summed E-state index contributed by atoms with van der Waals surface area (Å²) in [4.78, 5) is 2.40. The number of aryl methyl sites for hydroxylation is 2. The van der Waals surface area contributed by atoms with Gasteiger partial charge in [0.15, 0.2) is 5.58 Å². The molecule has 1 aromatic heterocycles. The summed E-state index contributed by atoms with van der Waals surface area (Å²) in [6.45, 7) is 3.40. The first-order chi connectivity index (χ1) is 15.8. The fourth-order valence-electron chi connectivity index (χ4n) is 3.72. The largest absolute Gasteiger partial charge is 0.356 e. The predicted octanol–water partition coefficient (Wildman–Crippen LogP) is 5.14. The Labute approximate surface area is 193 Å². The first-order valence-corrected chi connectivity index (χ1v) is 12.2. The molecule has 0 aliphatic heterocycles. The number of hydrogen-bond donors (Lipinski definition) is 1. The van der Waals surface area contributed by atoms with Crippen LogP contribution in [0.4, 0.5) is 10.1 Å². The molecule has 0 atom stereocenters. The monoisotopic (exact) mass is 467 g/mol. The molecule has 0 radical (unpaired) electrons. The molecule has 0 saturated carbocycles. The van der Waals surface area contributed by atoms with Crippen molar-refractivity contribution in [1.29, 1.82) is 0 Å². The maximum Gasteiger partial charge on any atom is 0.261 e. The molecule has 0 amide bonds. The SMILES string of the molecule is Cc1ccc(S(=O)(=O)Nc2cccc(CN(C)CCCc3noc4cc(F)ccc34)c2)cc1. The summed E-state index contributed by atoms with van der Waals surface area (Å²) >= 11 is 0. The molecule has 3 aromatic carbocycles. The predicted molar refractivity (Wildman–Crippen MR) is 127 cm³/mol. The van der Waals surface area contributed by atoms with Gasteiger partial charge in [-0.05, 0) is 75.3 Å². The minimum atomic E-state index is -3.64. The van der Waals surface area contributed by atoms with Crippen molar-refractivity contribution in [3.8, 4) is 0 Å². The second-order valence-electron chi connectivity index (χ2n) is 8.23. The molecule has 0 bridgehead atoms. The van der Waals surface area contributed by atoms with Gasteiger partial charge in [0.1, 0.15) is 5.82 Å². The fourth-order valence-corrected chi connectivity index (χ4v) is 4.77.